The van der Waals surface area contributed by atoms with Gasteiger partial charge >= 0.3 is 29.6 Å². The van der Waals surface area contributed by atoms with Crippen molar-refractivity contribution in [2.45, 2.75) is 31.0 Å². The first-order chi connectivity index (χ1) is 19.5. The number of carboxylic acid groups (broad SMARTS) is 1. The maximum absolute atomic E-state index is 12.6. The number of amides is 2. The van der Waals surface area contributed by atoms with Crippen LogP contribution in [0.15, 0.2) is 30.5 Å². The van der Waals surface area contributed by atoms with Crippen molar-refractivity contribution >= 4 is 61.6 Å². The van der Waals surface area contributed by atoms with E-state index in [4.69, 9.17) is 11.5 Å². The third kappa shape index (κ3) is 9.89. The Bertz CT molecular complexity index is 1580. The number of nitrogens with zero attached hydrogens (tertiary/aromatic N) is 5. The van der Waals surface area contributed by atoms with Crippen molar-refractivity contribution in [2.75, 3.05) is 23.4 Å². The molecule has 0 saturated heterocycles. The maximum atomic E-state index is 12.6. The SMILES string of the molecule is CN(Cc1cnc2nc(N)nc(N)c2n1)c1ccc(C(=O)NC(CCC(=O)NC(P(=O)([O-])[O-])P(=O)([O-])[O-])C(=O)[O-])cc1.[Na+]. The zero-order valence-electron chi connectivity index (χ0n) is 22.5. The first-order valence-corrected chi connectivity index (χ1v) is 14.9. The van der Waals surface area contributed by atoms with Crippen molar-refractivity contribution in [1.82, 2.24) is 30.6 Å². The number of nitrogen functional groups attached to an aromatic ring is 2. The molecule has 1 atom stereocenters. The van der Waals surface area contributed by atoms with Crippen molar-refractivity contribution in [1.29, 1.82) is 0 Å². The minimum atomic E-state index is -6.07. The van der Waals surface area contributed by atoms with Crippen LogP contribution in [-0.4, -0.2) is 56.3 Å². The van der Waals surface area contributed by atoms with Crippen molar-refractivity contribution in [2.24, 2.45) is 0 Å². The number of hydrogen-bond donors (Lipinski definition) is 4. The van der Waals surface area contributed by atoms with Gasteiger partial charge in [0, 0.05) is 24.7 Å². The van der Waals surface area contributed by atoms with Gasteiger partial charge in [-0.3, -0.25) is 9.59 Å². The smallest absolute Gasteiger partial charge is 0.809 e. The monoisotopic (exact) mass is 645 g/mol. The van der Waals surface area contributed by atoms with Gasteiger partial charge in [0.15, 0.2) is 17.0 Å². The van der Waals surface area contributed by atoms with Gasteiger partial charge in [0.1, 0.15) is 0 Å². The van der Waals surface area contributed by atoms with E-state index in [1.165, 1.54) is 23.6 Å². The second-order valence-electron chi connectivity index (χ2n) is 8.81. The maximum Gasteiger partial charge on any atom is 1.00 e. The summed E-state index contributed by atoms with van der Waals surface area (Å²) in [6.45, 7) is 0.260. The molecule has 0 aliphatic heterocycles. The summed E-state index contributed by atoms with van der Waals surface area (Å²) in [5.74, 6) is -4.09. The van der Waals surface area contributed by atoms with Gasteiger partial charge in [-0.25, -0.2) is 9.97 Å². The van der Waals surface area contributed by atoms with Crippen LogP contribution >= 0.6 is 15.2 Å². The molecule has 226 valence electrons. The molecule has 6 N–H and O–H groups in total. The number of rotatable bonds is 12. The molecular weight excluding hydrogens is 623 g/mol. The molecule has 2 aromatic heterocycles. The molecule has 0 saturated carbocycles. The summed E-state index contributed by atoms with van der Waals surface area (Å²) >= 11 is 0. The first-order valence-electron chi connectivity index (χ1n) is 11.7. The molecule has 0 spiro atoms. The van der Waals surface area contributed by atoms with Crippen LogP contribution in [0, 0.1) is 0 Å². The van der Waals surface area contributed by atoms with Crippen molar-refractivity contribution in [3.05, 3.63) is 41.7 Å². The molecule has 3 rings (SSSR count). The Hall–Kier alpha value is -3.25. The number of anilines is 3. The third-order valence-electron chi connectivity index (χ3n) is 5.61. The van der Waals surface area contributed by atoms with Crippen molar-refractivity contribution in [3.63, 3.8) is 0 Å². The van der Waals surface area contributed by atoms with Gasteiger partial charge in [0.25, 0.3) is 5.91 Å². The number of nitrogens with one attached hydrogen (secondary N) is 2. The number of carbonyl (C=O) groups excluding carboxylic acids is 3. The van der Waals surface area contributed by atoms with Gasteiger partial charge in [-0.2, -0.15) is 9.97 Å². The molecule has 22 heteroatoms. The van der Waals surface area contributed by atoms with Gasteiger partial charge in [0.05, 0.1) is 36.0 Å². The fraction of sp³-hybridized carbons (Fsp3) is 0.286. The molecule has 19 nitrogen and oxygen atoms in total. The molecule has 0 fully saturated rings. The Morgan fingerprint density at radius 1 is 0.977 bits per heavy atom. The van der Waals surface area contributed by atoms with E-state index in [1.807, 2.05) is 0 Å². The van der Waals surface area contributed by atoms with Crippen molar-refractivity contribution in [3.8, 4) is 0 Å². The van der Waals surface area contributed by atoms with Crippen LogP contribution in [0.5, 0.6) is 0 Å². The molecule has 2 heterocycles. The van der Waals surface area contributed by atoms with Crippen molar-refractivity contribution < 1.29 is 77.8 Å². The second-order valence-corrected chi connectivity index (χ2v) is 12.4. The number of nitrogens with two attached hydrogens (primary N) is 2. The predicted molar refractivity (Wildman–Crippen MR) is 135 cm³/mol. The van der Waals surface area contributed by atoms with Gasteiger partial charge in [-0.15, -0.1) is 0 Å². The number of aliphatic carboxylic acids is 1. The Labute approximate surface area is 265 Å². The standard InChI is InChI=1S/C21H27N9O10P2.Na/c1-30(9-11-8-24-17-15(25-11)16(22)28-20(23)29-17)12-4-2-10(3-5-12)18(32)26-13(19(33)34)6-7-14(31)27-21(41(35,36)37)42(38,39)40;/h2-5,8,13,21H,6-7,9H2,1H3,(H,26,32)(H,27,31)(H,33,34)(H2,35,36,37)(H2,38,39,40)(H4,22,23,24,28,29);/q;+1/p-5. The van der Waals surface area contributed by atoms with E-state index in [2.05, 4.69) is 25.3 Å². The Morgan fingerprint density at radius 2 is 1.58 bits per heavy atom. The molecule has 2 amide bonds. The third-order valence-corrected chi connectivity index (χ3v) is 8.76. The average molecular weight is 645 g/mol. The van der Waals surface area contributed by atoms with Gasteiger partial charge in [-0.05, 0) is 45.9 Å². The first kappa shape index (κ1) is 35.9. The number of carboxylic acids is 1. The predicted octanol–water partition coefficient (Wildman–Crippen LogP) is -7.92. The number of fused-ring (bicyclic) bond motifs is 1. The van der Waals surface area contributed by atoms with Gasteiger partial charge in [-0.1, -0.05) is 0 Å². The molecule has 1 unspecified atom stereocenters. The van der Waals surface area contributed by atoms with Gasteiger partial charge < -0.3 is 65.6 Å². The fourth-order valence-corrected chi connectivity index (χ4v) is 5.56. The van der Waals surface area contributed by atoms with E-state index in [0.29, 0.717) is 11.4 Å². The molecular formula is C21H22N9NaO10P2-4. The van der Waals surface area contributed by atoms with E-state index < -0.39 is 57.4 Å². The number of benzene rings is 1. The minimum Gasteiger partial charge on any atom is -0.809 e. The van der Waals surface area contributed by atoms with Crippen LogP contribution < -0.4 is 81.2 Å². The Balaban J connectivity index is 0.00000645. The van der Waals surface area contributed by atoms with Crippen LogP contribution in [-0.2, 0) is 25.3 Å². The molecule has 0 aliphatic carbocycles. The summed E-state index contributed by atoms with van der Waals surface area (Å²) in [6.07, 6.45) is -0.0819. The quantitative estimate of drug-likeness (QED) is 0.105. The second kappa shape index (κ2) is 14.5. The summed E-state index contributed by atoms with van der Waals surface area (Å²) in [4.78, 5) is 98.1. The number of aromatic nitrogens is 4. The summed E-state index contributed by atoms with van der Waals surface area (Å²) < 4.78 is 22.0. The molecule has 0 radical (unpaired) electrons. The zero-order valence-corrected chi connectivity index (χ0v) is 26.3. The molecule has 0 aliphatic rings. The summed E-state index contributed by atoms with van der Waals surface area (Å²) in [6, 6.07) is 4.09. The van der Waals surface area contributed by atoms with Crippen LogP contribution in [0.1, 0.15) is 28.9 Å². The Morgan fingerprint density at radius 3 is 2.14 bits per heavy atom. The fourth-order valence-electron chi connectivity index (χ4n) is 3.57. The molecule has 1 aromatic carbocycles. The summed E-state index contributed by atoms with van der Waals surface area (Å²) in [5.41, 5.74) is 9.81. The van der Waals surface area contributed by atoms with E-state index in [-0.39, 0.29) is 64.6 Å². The van der Waals surface area contributed by atoms with E-state index >= 15 is 0 Å². The molecule has 43 heavy (non-hydrogen) atoms. The average Bonchev–Trinajstić information content (AvgIpc) is 2.88. The number of carbonyl (C=O) groups is 3. The Kier molecular flexibility index (Phi) is 12.1. The van der Waals surface area contributed by atoms with Crippen LogP contribution in [0.3, 0.4) is 0 Å². The van der Waals surface area contributed by atoms with Gasteiger partial charge in [0.2, 0.25) is 11.9 Å². The zero-order chi connectivity index (χ0) is 31.4. The van der Waals surface area contributed by atoms with E-state index in [0.717, 1.165) is 0 Å². The van der Waals surface area contributed by atoms with E-state index in [1.54, 1.807) is 24.1 Å². The van der Waals surface area contributed by atoms with Crippen LogP contribution in [0.25, 0.3) is 11.2 Å². The van der Waals surface area contributed by atoms with Crippen LogP contribution in [0.2, 0.25) is 0 Å². The molecule has 0 bridgehead atoms. The normalized spacial score (nSPS) is 12.3. The largest absolute Gasteiger partial charge is 1.00 e. The topological polar surface area (TPSA) is 332 Å². The minimum absolute atomic E-state index is 0. The van der Waals surface area contributed by atoms with Crippen LogP contribution in [0.4, 0.5) is 17.5 Å². The summed E-state index contributed by atoms with van der Waals surface area (Å²) in [5, 5.41) is 14.8. The summed E-state index contributed by atoms with van der Waals surface area (Å²) in [7, 11) is -10.4. The van der Waals surface area contributed by atoms with E-state index in [9.17, 15) is 48.2 Å². The molecule has 3 aromatic rings. The number of hydrogen-bond acceptors (Lipinski definition) is 17.